The largest absolute Gasteiger partial charge is 0.393 e. The van der Waals surface area contributed by atoms with E-state index < -0.39 is 0 Å². The zero-order valence-electron chi connectivity index (χ0n) is 12.7. The highest BCUT2D eigenvalue weighted by atomic mass is 16.3. The monoisotopic (exact) mass is 264 g/mol. The van der Waals surface area contributed by atoms with Gasteiger partial charge in [-0.25, -0.2) is 0 Å². The third-order valence-electron chi connectivity index (χ3n) is 6.61. The van der Waals surface area contributed by atoms with Gasteiger partial charge in [-0.3, -0.25) is 0 Å². The Hall–Kier alpha value is -0.0400. The Morgan fingerprint density at radius 3 is 2.11 bits per heavy atom. The van der Waals surface area contributed by atoms with Crippen molar-refractivity contribution in [3.05, 3.63) is 0 Å². The van der Waals surface area contributed by atoms with Crippen LogP contribution in [0.4, 0.5) is 0 Å². The van der Waals surface area contributed by atoms with Gasteiger partial charge in [0.1, 0.15) is 0 Å². The lowest BCUT2D eigenvalue weighted by atomic mass is 9.64. The van der Waals surface area contributed by atoms with Crippen molar-refractivity contribution in [3.63, 3.8) is 0 Å². The molecule has 0 bridgehead atoms. The Labute approximate surface area is 119 Å². The average molecular weight is 264 g/mol. The van der Waals surface area contributed by atoms with Crippen LogP contribution in [0.15, 0.2) is 0 Å². The van der Waals surface area contributed by atoms with Gasteiger partial charge >= 0.3 is 0 Å². The zero-order chi connectivity index (χ0) is 13.2. The van der Waals surface area contributed by atoms with E-state index in [1.807, 2.05) is 0 Å². The molecule has 3 saturated carbocycles. The van der Waals surface area contributed by atoms with Crippen molar-refractivity contribution >= 4 is 0 Å². The molecule has 3 fully saturated rings. The summed E-state index contributed by atoms with van der Waals surface area (Å²) >= 11 is 0. The fourth-order valence-corrected chi connectivity index (χ4v) is 5.23. The van der Waals surface area contributed by atoms with Crippen molar-refractivity contribution in [2.24, 2.45) is 29.6 Å². The van der Waals surface area contributed by atoms with Gasteiger partial charge in [0.05, 0.1) is 6.10 Å². The van der Waals surface area contributed by atoms with Crippen molar-refractivity contribution in [2.75, 3.05) is 0 Å². The van der Waals surface area contributed by atoms with Gasteiger partial charge < -0.3 is 5.11 Å². The number of aliphatic hydroxyl groups is 1. The van der Waals surface area contributed by atoms with Gasteiger partial charge in [-0.1, -0.05) is 45.4 Å². The van der Waals surface area contributed by atoms with Crippen molar-refractivity contribution in [3.8, 4) is 0 Å². The number of rotatable bonds is 2. The summed E-state index contributed by atoms with van der Waals surface area (Å²) in [5.41, 5.74) is 0. The van der Waals surface area contributed by atoms with Crippen molar-refractivity contribution < 1.29 is 5.11 Å². The van der Waals surface area contributed by atoms with Crippen LogP contribution in [0.1, 0.15) is 77.6 Å². The van der Waals surface area contributed by atoms with Gasteiger partial charge in [-0.05, 0) is 61.7 Å². The van der Waals surface area contributed by atoms with Crippen LogP contribution in [0.25, 0.3) is 0 Å². The Kier molecular flexibility index (Phi) is 4.51. The second-order valence-corrected chi connectivity index (χ2v) is 7.89. The predicted molar refractivity (Wildman–Crippen MR) is 79.9 cm³/mol. The Morgan fingerprint density at radius 1 is 0.737 bits per heavy atom. The van der Waals surface area contributed by atoms with Crippen LogP contribution in [0.5, 0.6) is 0 Å². The predicted octanol–water partition coefficient (Wildman–Crippen LogP) is 4.78. The fraction of sp³-hybridized carbons (Fsp3) is 1.00. The first-order valence-electron chi connectivity index (χ1n) is 8.92. The minimum atomic E-state index is 0.0235. The van der Waals surface area contributed by atoms with E-state index in [1.165, 1.54) is 70.6 Å². The molecule has 110 valence electrons. The highest BCUT2D eigenvalue weighted by Gasteiger charge is 2.37. The smallest absolute Gasteiger partial charge is 0.0596 e. The number of hydrogen-bond donors (Lipinski definition) is 1. The van der Waals surface area contributed by atoms with Gasteiger partial charge in [0.25, 0.3) is 0 Å². The number of hydrogen-bond acceptors (Lipinski definition) is 1. The zero-order valence-corrected chi connectivity index (χ0v) is 12.7. The molecule has 3 aliphatic rings. The molecule has 4 unspecified atom stereocenters. The number of fused-ring (bicyclic) bond motifs is 1. The Bertz CT molecular complexity index is 279. The van der Waals surface area contributed by atoms with Gasteiger partial charge in [0.15, 0.2) is 0 Å². The summed E-state index contributed by atoms with van der Waals surface area (Å²) < 4.78 is 0. The second-order valence-electron chi connectivity index (χ2n) is 7.89. The molecular formula is C18H32O. The van der Waals surface area contributed by atoms with E-state index in [1.54, 1.807) is 0 Å². The minimum absolute atomic E-state index is 0.0235. The third kappa shape index (κ3) is 3.17. The molecule has 0 aromatic heterocycles. The fourth-order valence-electron chi connectivity index (χ4n) is 5.23. The molecule has 0 amide bonds. The van der Waals surface area contributed by atoms with Gasteiger partial charge in [0.2, 0.25) is 0 Å². The normalized spacial score (nSPS) is 45.5. The molecule has 1 N–H and O–H groups in total. The molecule has 0 aromatic rings. The van der Waals surface area contributed by atoms with Crippen LogP contribution >= 0.6 is 0 Å². The van der Waals surface area contributed by atoms with Gasteiger partial charge in [0, 0.05) is 0 Å². The quantitative estimate of drug-likeness (QED) is 0.761. The highest BCUT2D eigenvalue weighted by Crippen LogP contribution is 2.45. The first kappa shape index (κ1) is 13.9. The first-order chi connectivity index (χ1) is 9.24. The van der Waals surface area contributed by atoms with Crippen molar-refractivity contribution in [1.29, 1.82) is 0 Å². The molecule has 1 heteroatoms. The lowest BCUT2D eigenvalue weighted by Gasteiger charge is -2.43. The standard InChI is InChI=1S/C18H32O/c1-13-6-8-15(9-7-13)18(19)17-11-10-14-4-2-3-5-16(14)12-17/h13-19H,2-12H2,1H3. The second kappa shape index (κ2) is 6.16. The summed E-state index contributed by atoms with van der Waals surface area (Å²) in [5, 5.41) is 10.8. The maximum atomic E-state index is 10.8. The average Bonchev–Trinajstić information content (AvgIpc) is 2.47. The molecule has 0 radical (unpaired) electrons. The number of aliphatic hydroxyl groups excluding tert-OH is 1. The van der Waals surface area contributed by atoms with E-state index in [-0.39, 0.29) is 6.10 Å². The Balaban J connectivity index is 1.54. The maximum Gasteiger partial charge on any atom is 0.0596 e. The van der Waals surface area contributed by atoms with Gasteiger partial charge in [-0.15, -0.1) is 0 Å². The lowest BCUT2D eigenvalue weighted by Crippen LogP contribution is -2.37. The topological polar surface area (TPSA) is 20.2 Å². The molecule has 4 atom stereocenters. The molecular weight excluding hydrogens is 232 g/mol. The van der Waals surface area contributed by atoms with Crippen LogP contribution in [0, 0.1) is 29.6 Å². The molecule has 0 spiro atoms. The van der Waals surface area contributed by atoms with Crippen LogP contribution < -0.4 is 0 Å². The third-order valence-corrected chi connectivity index (χ3v) is 6.61. The van der Waals surface area contributed by atoms with Crippen LogP contribution in [0.2, 0.25) is 0 Å². The van der Waals surface area contributed by atoms with Crippen LogP contribution in [-0.2, 0) is 0 Å². The summed E-state index contributed by atoms with van der Waals surface area (Å²) in [6, 6.07) is 0. The first-order valence-corrected chi connectivity index (χ1v) is 8.92. The molecule has 3 rings (SSSR count). The van der Waals surface area contributed by atoms with E-state index in [2.05, 4.69) is 6.92 Å². The lowest BCUT2D eigenvalue weighted by molar-refractivity contribution is -0.0128. The molecule has 0 heterocycles. The van der Waals surface area contributed by atoms with Crippen LogP contribution in [-0.4, -0.2) is 11.2 Å². The summed E-state index contributed by atoms with van der Waals surface area (Å²) in [4.78, 5) is 0. The summed E-state index contributed by atoms with van der Waals surface area (Å²) in [6.07, 6.45) is 15.2. The van der Waals surface area contributed by atoms with Crippen molar-refractivity contribution in [2.45, 2.75) is 83.7 Å². The molecule has 3 aliphatic carbocycles. The maximum absolute atomic E-state index is 10.8. The van der Waals surface area contributed by atoms with E-state index in [9.17, 15) is 5.11 Å². The van der Waals surface area contributed by atoms with E-state index in [4.69, 9.17) is 0 Å². The van der Waals surface area contributed by atoms with E-state index in [0.29, 0.717) is 11.8 Å². The Morgan fingerprint density at radius 2 is 1.37 bits per heavy atom. The van der Waals surface area contributed by atoms with E-state index in [0.717, 1.165) is 17.8 Å². The highest BCUT2D eigenvalue weighted by molar-refractivity contribution is 4.88. The van der Waals surface area contributed by atoms with Gasteiger partial charge in [-0.2, -0.15) is 0 Å². The summed E-state index contributed by atoms with van der Waals surface area (Å²) in [5.74, 6) is 4.14. The molecule has 0 aliphatic heterocycles. The van der Waals surface area contributed by atoms with E-state index >= 15 is 0 Å². The molecule has 19 heavy (non-hydrogen) atoms. The molecule has 0 aromatic carbocycles. The molecule has 0 saturated heterocycles. The summed E-state index contributed by atoms with van der Waals surface area (Å²) in [7, 11) is 0. The summed E-state index contributed by atoms with van der Waals surface area (Å²) in [6.45, 7) is 2.37. The van der Waals surface area contributed by atoms with Crippen molar-refractivity contribution in [1.82, 2.24) is 0 Å². The SMILES string of the molecule is CC1CCC(C(O)C2CCC3CCCCC3C2)CC1. The molecule has 1 nitrogen and oxygen atoms in total. The van der Waals surface area contributed by atoms with Crippen LogP contribution in [0.3, 0.4) is 0 Å². The minimum Gasteiger partial charge on any atom is -0.393 e.